The first-order valence-electron chi connectivity index (χ1n) is 11.6. The molecule has 5 heteroatoms. The van der Waals surface area contributed by atoms with Gasteiger partial charge in [0.1, 0.15) is 5.82 Å². The van der Waals surface area contributed by atoms with Crippen LogP contribution in [0.5, 0.6) is 0 Å². The number of benzene rings is 1. The Hall–Kier alpha value is -3.21. The van der Waals surface area contributed by atoms with Crippen molar-refractivity contribution in [1.29, 1.82) is 0 Å². The number of fused-ring (bicyclic) bond motifs is 1. The zero-order chi connectivity index (χ0) is 22.9. The van der Waals surface area contributed by atoms with Crippen LogP contribution >= 0.6 is 0 Å². The topological polar surface area (TPSA) is 65.4 Å². The number of H-pyrrole nitrogens is 1. The van der Waals surface area contributed by atoms with Crippen molar-refractivity contribution in [2.45, 2.75) is 53.4 Å². The van der Waals surface area contributed by atoms with Crippen molar-refractivity contribution < 1.29 is 0 Å². The Labute approximate surface area is 191 Å². The Morgan fingerprint density at radius 2 is 2.03 bits per heavy atom. The first-order valence-corrected chi connectivity index (χ1v) is 11.6. The van der Waals surface area contributed by atoms with Gasteiger partial charge in [-0.25, -0.2) is 9.98 Å². The van der Waals surface area contributed by atoms with Gasteiger partial charge in [0.2, 0.25) is 0 Å². The third-order valence-electron chi connectivity index (χ3n) is 5.89. The number of aliphatic imine (C=N–C) groups is 2. The Balaban J connectivity index is 1.92. The summed E-state index contributed by atoms with van der Waals surface area (Å²) in [5.41, 5.74) is 5.79. The highest BCUT2D eigenvalue weighted by Crippen LogP contribution is 2.24. The van der Waals surface area contributed by atoms with Crippen LogP contribution in [0.25, 0.3) is 10.9 Å². The van der Waals surface area contributed by atoms with Crippen molar-refractivity contribution in [3.05, 3.63) is 77.0 Å². The standard InChI is InChI=1S/C27H35N5/c1-6-10-23(20(4)7-2)27(32-26(28-5)22-15-19(3)16-29-17-22)30-14-13-21-18-31-25-12-9-8-11-24(21)25/h8-9,11-12,15-18,20,30-31H,5-7,10,13-14H2,1-4H3/b27-23-,32-26?. The number of hydrogen-bond donors (Lipinski definition) is 2. The Kier molecular flexibility index (Phi) is 8.37. The van der Waals surface area contributed by atoms with Crippen LogP contribution in [-0.4, -0.2) is 29.1 Å². The summed E-state index contributed by atoms with van der Waals surface area (Å²) in [5, 5.41) is 4.92. The van der Waals surface area contributed by atoms with Gasteiger partial charge < -0.3 is 10.3 Å². The molecule has 0 amide bonds. The summed E-state index contributed by atoms with van der Waals surface area (Å²) in [6, 6.07) is 10.5. The van der Waals surface area contributed by atoms with Gasteiger partial charge in [0.15, 0.2) is 5.84 Å². The van der Waals surface area contributed by atoms with Crippen LogP contribution in [0.15, 0.2) is 70.3 Å². The molecule has 2 N–H and O–H groups in total. The molecule has 0 fully saturated rings. The second kappa shape index (κ2) is 11.4. The number of amidine groups is 1. The number of pyridine rings is 1. The number of nitrogens with one attached hydrogen (secondary N) is 2. The van der Waals surface area contributed by atoms with E-state index < -0.39 is 0 Å². The van der Waals surface area contributed by atoms with Crippen LogP contribution < -0.4 is 5.32 Å². The monoisotopic (exact) mass is 429 g/mol. The molecule has 0 saturated heterocycles. The molecule has 32 heavy (non-hydrogen) atoms. The lowest BCUT2D eigenvalue weighted by Crippen LogP contribution is -2.20. The van der Waals surface area contributed by atoms with Crippen LogP contribution in [0, 0.1) is 12.8 Å². The van der Waals surface area contributed by atoms with Gasteiger partial charge in [0, 0.05) is 41.6 Å². The second-order valence-corrected chi connectivity index (χ2v) is 8.31. The zero-order valence-corrected chi connectivity index (χ0v) is 19.8. The maximum Gasteiger partial charge on any atom is 0.162 e. The molecular weight excluding hydrogens is 394 g/mol. The molecule has 1 aromatic carbocycles. The number of nitrogens with zero attached hydrogens (tertiary/aromatic N) is 3. The highest BCUT2D eigenvalue weighted by atomic mass is 15.1. The quantitative estimate of drug-likeness (QED) is 0.297. The minimum absolute atomic E-state index is 0.441. The van der Waals surface area contributed by atoms with Gasteiger partial charge in [-0.1, -0.05) is 45.4 Å². The molecule has 2 aromatic heterocycles. The lowest BCUT2D eigenvalue weighted by Gasteiger charge is -2.19. The Bertz CT molecular complexity index is 1110. The molecule has 1 atom stereocenters. The van der Waals surface area contributed by atoms with E-state index in [1.54, 1.807) is 6.20 Å². The van der Waals surface area contributed by atoms with Crippen LogP contribution in [0.2, 0.25) is 0 Å². The van der Waals surface area contributed by atoms with Crippen molar-refractivity contribution >= 4 is 23.5 Å². The number of para-hydroxylation sites is 1. The van der Waals surface area contributed by atoms with Crippen LogP contribution in [0.1, 0.15) is 56.7 Å². The van der Waals surface area contributed by atoms with Crippen LogP contribution in [-0.2, 0) is 6.42 Å². The summed E-state index contributed by atoms with van der Waals surface area (Å²) in [4.78, 5) is 16.9. The molecule has 0 bridgehead atoms. The van der Waals surface area contributed by atoms with Gasteiger partial charge in [0.25, 0.3) is 0 Å². The van der Waals surface area contributed by atoms with E-state index in [1.165, 1.54) is 22.0 Å². The number of hydrogen-bond acceptors (Lipinski definition) is 3. The normalized spacial score (nSPS) is 13.7. The average molecular weight is 430 g/mol. The molecule has 0 aliphatic carbocycles. The smallest absolute Gasteiger partial charge is 0.162 e. The SMILES string of the molecule is C=NC(=N/C(NCCc1c[nH]c2ccccc12)=C(/CCC)C(C)CC)c1cncc(C)c1. The van der Waals surface area contributed by atoms with Crippen molar-refractivity contribution in [3.63, 3.8) is 0 Å². The molecular formula is C27H35N5. The minimum atomic E-state index is 0.441. The average Bonchev–Trinajstić information content (AvgIpc) is 3.22. The predicted molar refractivity (Wildman–Crippen MR) is 136 cm³/mol. The highest BCUT2D eigenvalue weighted by molar-refractivity contribution is 6.01. The van der Waals surface area contributed by atoms with E-state index in [9.17, 15) is 0 Å². The summed E-state index contributed by atoms with van der Waals surface area (Å²) >= 11 is 0. The maximum absolute atomic E-state index is 4.98. The van der Waals surface area contributed by atoms with E-state index in [-0.39, 0.29) is 0 Å². The first-order chi connectivity index (χ1) is 15.6. The summed E-state index contributed by atoms with van der Waals surface area (Å²) in [6.07, 6.45) is 9.80. The molecule has 168 valence electrons. The fourth-order valence-corrected chi connectivity index (χ4v) is 3.97. The van der Waals surface area contributed by atoms with E-state index >= 15 is 0 Å². The van der Waals surface area contributed by atoms with Gasteiger partial charge in [-0.3, -0.25) is 4.98 Å². The lowest BCUT2D eigenvalue weighted by molar-refractivity contribution is 0.593. The summed E-state index contributed by atoms with van der Waals surface area (Å²) < 4.78 is 0. The van der Waals surface area contributed by atoms with Gasteiger partial charge in [-0.2, -0.15) is 0 Å². The van der Waals surface area contributed by atoms with Crippen molar-refractivity contribution in [2.75, 3.05) is 6.54 Å². The molecule has 3 rings (SSSR count). The van der Waals surface area contributed by atoms with E-state index in [0.29, 0.717) is 11.8 Å². The molecule has 0 saturated carbocycles. The number of allylic oxidation sites excluding steroid dienone is 1. The van der Waals surface area contributed by atoms with E-state index in [1.807, 2.05) is 19.2 Å². The molecule has 2 heterocycles. The molecule has 0 aliphatic rings. The molecule has 0 spiro atoms. The zero-order valence-electron chi connectivity index (χ0n) is 19.8. The Morgan fingerprint density at radius 3 is 2.75 bits per heavy atom. The third kappa shape index (κ3) is 5.72. The Morgan fingerprint density at radius 1 is 1.22 bits per heavy atom. The molecule has 0 radical (unpaired) electrons. The summed E-state index contributed by atoms with van der Waals surface area (Å²) in [7, 11) is 0. The van der Waals surface area contributed by atoms with Gasteiger partial charge >= 0.3 is 0 Å². The van der Waals surface area contributed by atoms with Gasteiger partial charge in [-0.15, -0.1) is 0 Å². The van der Waals surface area contributed by atoms with Crippen molar-refractivity contribution in [3.8, 4) is 0 Å². The molecule has 0 aliphatic heterocycles. The van der Waals surface area contributed by atoms with Gasteiger partial charge in [0.05, 0.1) is 0 Å². The largest absolute Gasteiger partial charge is 0.370 e. The molecule has 3 aromatic rings. The number of aromatic amines is 1. The van der Waals surface area contributed by atoms with Gasteiger partial charge in [-0.05, 0) is 67.7 Å². The fraction of sp³-hybridized carbons (Fsp3) is 0.370. The predicted octanol–water partition coefficient (Wildman–Crippen LogP) is 6.21. The van der Waals surface area contributed by atoms with E-state index in [0.717, 1.165) is 49.2 Å². The minimum Gasteiger partial charge on any atom is -0.370 e. The van der Waals surface area contributed by atoms with E-state index in [2.05, 4.69) is 78.2 Å². The first kappa shape index (κ1) is 23.5. The number of aryl methyl sites for hydroxylation is 1. The molecule has 5 nitrogen and oxygen atoms in total. The fourth-order valence-electron chi connectivity index (χ4n) is 3.97. The maximum atomic E-state index is 4.98. The third-order valence-corrected chi connectivity index (χ3v) is 5.89. The van der Waals surface area contributed by atoms with Crippen LogP contribution in [0.4, 0.5) is 0 Å². The number of aromatic nitrogens is 2. The second-order valence-electron chi connectivity index (χ2n) is 8.31. The summed E-state index contributed by atoms with van der Waals surface area (Å²) in [6.45, 7) is 13.3. The summed E-state index contributed by atoms with van der Waals surface area (Å²) in [5.74, 6) is 1.97. The highest BCUT2D eigenvalue weighted by Gasteiger charge is 2.14. The lowest BCUT2D eigenvalue weighted by atomic mass is 9.94. The number of rotatable bonds is 10. The van der Waals surface area contributed by atoms with E-state index in [4.69, 9.17) is 4.99 Å². The van der Waals surface area contributed by atoms with Crippen molar-refractivity contribution in [1.82, 2.24) is 15.3 Å². The van der Waals surface area contributed by atoms with Crippen molar-refractivity contribution in [2.24, 2.45) is 15.9 Å². The van der Waals surface area contributed by atoms with Crippen LogP contribution in [0.3, 0.4) is 0 Å². The molecule has 1 unspecified atom stereocenters.